The zero-order valence-electron chi connectivity index (χ0n) is 10.9. The van der Waals surface area contributed by atoms with Crippen LogP contribution in [0.5, 0.6) is 0 Å². The largest absolute Gasteiger partial charge is 0.314 e. The Bertz CT molecular complexity index is 147. The molecule has 1 aliphatic heterocycles. The Kier molecular flexibility index (Phi) is 6.31. The minimum absolute atomic E-state index is 0.827. The normalized spacial score (nSPS) is 24.4. The third kappa shape index (κ3) is 6.19. The van der Waals surface area contributed by atoms with Gasteiger partial charge in [0.2, 0.25) is 0 Å². The van der Waals surface area contributed by atoms with Crippen molar-refractivity contribution in [3.05, 3.63) is 0 Å². The first-order valence-corrected chi connectivity index (χ1v) is 6.92. The van der Waals surface area contributed by atoms with Crippen LogP contribution < -0.4 is 5.32 Å². The van der Waals surface area contributed by atoms with Gasteiger partial charge in [-0.1, -0.05) is 46.5 Å². The van der Waals surface area contributed by atoms with Crippen molar-refractivity contribution in [1.29, 1.82) is 0 Å². The van der Waals surface area contributed by atoms with Gasteiger partial charge < -0.3 is 5.32 Å². The zero-order chi connectivity index (χ0) is 11.1. The van der Waals surface area contributed by atoms with E-state index in [4.69, 9.17) is 0 Å². The second-order valence-electron chi connectivity index (χ2n) is 5.81. The molecule has 0 radical (unpaired) electrons. The van der Waals surface area contributed by atoms with Crippen LogP contribution >= 0.6 is 0 Å². The third-order valence-electron chi connectivity index (χ3n) is 3.58. The summed E-state index contributed by atoms with van der Waals surface area (Å²) in [5.41, 5.74) is 0. The molecule has 0 amide bonds. The lowest BCUT2D eigenvalue weighted by atomic mass is 9.91. The van der Waals surface area contributed by atoms with Gasteiger partial charge >= 0.3 is 0 Å². The maximum Gasteiger partial charge on any atom is 0.00696 e. The first-order valence-electron chi connectivity index (χ1n) is 6.92. The smallest absolute Gasteiger partial charge is 0.00696 e. The van der Waals surface area contributed by atoms with E-state index >= 15 is 0 Å². The van der Waals surface area contributed by atoms with E-state index < -0.39 is 0 Å². The Morgan fingerprint density at radius 1 is 1.13 bits per heavy atom. The molecule has 0 saturated carbocycles. The Labute approximate surface area is 96.0 Å². The fourth-order valence-corrected chi connectivity index (χ4v) is 2.60. The quantitative estimate of drug-likeness (QED) is 0.700. The van der Waals surface area contributed by atoms with E-state index in [0.717, 1.165) is 17.9 Å². The molecule has 1 nitrogen and oxygen atoms in total. The highest BCUT2D eigenvalue weighted by atomic mass is 14.9. The molecule has 0 aromatic heterocycles. The summed E-state index contributed by atoms with van der Waals surface area (Å²) in [7, 11) is 0. The van der Waals surface area contributed by atoms with Gasteiger partial charge in [0.1, 0.15) is 0 Å². The summed E-state index contributed by atoms with van der Waals surface area (Å²) in [6, 6.07) is 0.827. The molecular formula is C14H29N. The second kappa shape index (κ2) is 7.27. The Morgan fingerprint density at radius 3 is 2.53 bits per heavy atom. The number of hydrogen-bond acceptors (Lipinski definition) is 1. The van der Waals surface area contributed by atoms with E-state index in [2.05, 4.69) is 26.1 Å². The molecule has 1 heteroatoms. The summed E-state index contributed by atoms with van der Waals surface area (Å²) in [5.74, 6) is 1.80. The number of piperidine rings is 1. The van der Waals surface area contributed by atoms with Gasteiger partial charge in [-0.2, -0.15) is 0 Å². The molecule has 1 N–H and O–H groups in total. The molecule has 0 aromatic rings. The number of hydrogen-bond donors (Lipinski definition) is 1. The summed E-state index contributed by atoms with van der Waals surface area (Å²) in [6.07, 6.45) is 9.89. The summed E-state index contributed by atoms with van der Waals surface area (Å²) in [5, 5.41) is 3.65. The predicted octanol–water partition coefficient (Wildman–Crippen LogP) is 3.98. The van der Waals surface area contributed by atoms with Crippen LogP contribution in [0, 0.1) is 11.8 Å². The van der Waals surface area contributed by atoms with E-state index in [-0.39, 0.29) is 0 Å². The number of nitrogens with one attached hydrogen (secondary N) is 1. The highest BCUT2D eigenvalue weighted by molar-refractivity contribution is 4.74. The van der Waals surface area contributed by atoms with Gasteiger partial charge in [-0.3, -0.25) is 0 Å². The molecule has 0 unspecified atom stereocenters. The average molecular weight is 211 g/mol. The second-order valence-corrected chi connectivity index (χ2v) is 5.81. The molecule has 1 fully saturated rings. The van der Waals surface area contributed by atoms with Crippen LogP contribution in [0.4, 0.5) is 0 Å². The molecule has 90 valence electrons. The van der Waals surface area contributed by atoms with Gasteiger partial charge in [-0.15, -0.1) is 0 Å². The maximum absolute atomic E-state index is 3.65. The standard InChI is InChI=1S/C14H29N/c1-12(2)7-6-8-13(3)11-14-9-4-5-10-15-14/h12-15H,4-11H2,1-3H3/t13-,14+/m1/s1. The fourth-order valence-electron chi connectivity index (χ4n) is 2.60. The molecule has 0 aliphatic carbocycles. The molecule has 1 aliphatic rings. The van der Waals surface area contributed by atoms with Gasteiger partial charge in [0.25, 0.3) is 0 Å². The lowest BCUT2D eigenvalue weighted by Crippen LogP contribution is -2.35. The van der Waals surface area contributed by atoms with Crippen molar-refractivity contribution >= 4 is 0 Å². The maximum atomic E-state index is 3.65. The van der Waals surface area contributed by atoms with Crippen molar-refractivity contribution in [1.82, 2.24) is 5.32 Å². The summed E-state index contributed by atoms with van der Waals surface area (Å²) >= 11 is 0. The van der Waals surface area contributed by atoms with Gasteiger partial charge in [0.15, 0.2) is 0 Å². The van der Waals surface area contributed by atoms with Crippen LogP contribution in [0.15, 0.2) is 0 Å². The molecule has 2 atom stereocenters. The van der Waals surface area contributed by atoms with Gasteiger partial charge in [-0.05, 0) is 37.6 Å². The Morgan fingerprint density at radius 2 is 1.93 bits per heavy atom. The average Bonchev–Trinajstić information content (AvgIpc) is 2.18. The van der Waals surface area contributed by atoms with Gasteiger partial charge in [0, 0.05) is 6.04 Å². The van der Waals surface area contributed by atoms with Crippen LogP contribution in [-0.4, -0.2) is 12.6 Å². The monoisotopic (exact) mass is 211 g/mol. The molecular weight excluding hydrogens is 182 g/mol. The molecule has 1 saturated heterocycles. The van der Waals surface area contributed by atoms with Crippen LogP contribution in [0.2, 0.25) is 0 Å². The molecule has 0 aromatic carbocycles. The van der Waals surface area contributed by atoms with E-state index in [1.165, 1.54) is 51.5 Å². The van der Waals surface area contributed by atoms with Crippen LogP contribution in [0.25, 0.3) is 0 Å². The Hall–Kier alpha value is -0.0400. The van der Waals surface area contributed by atoms with Crippen LogP contribution in [-0.2, 0) is 0 Å². The summed E-state index contributed by atoms with van der Waals surface area (Å²) in [6.45, 7) is 8.33. The van der Waals surface area contributed by atoms with E-state index in [1.54, 1.807) is 0 Å². The minimum atomic E-state index is 0.827. The minimum Gasteiger partial charge on any atom is -0.314 e. The SMILES string of the molecule is CC(C)CCC[C@@H](C)C[C@@H]1CCCCN1. The van der Waals surface area contributed by atoms with E-state index in [1.807, 2.05) is 0 Å². The van der Waals surface area contributed by atoms with Gasteiger partial charge in [0.05, 0.1) is 0 Å². The zero-order valence-corrected chi connectivity index (χ0v) is 10.9. The van der Waals surface area contributed by atoms with Crippen LogP contribution in [0.3, 0.4) is 0 Å². The first kappa shape index (κ1) is 13.0. The summed E-state index contributed by atoms with van der Waals surface area (Å²) in [4.78, 5) is 0. The van der Waals surface area contributed by atoms with E-state index in [0.29, 0.717) is 0 Å². The number of rotatable bonds is 6. The third-order valence-corrected chi connectivity index (χ3v) is 3.58. The Balaban J connectivity index is 2.03. The predicted molar refractivity (Wildman–Crippen MR) is 68.1 cm³/mol. The van der Waals surface area contributed by atoms with Crippen molar-refractivity contribution in [2.75, 3.05) is 6.54 Å². The van der Waals surface area contributed by atoms with Crippen molar-refractivity contribution in [3.63, 3.8) is 0 Å². The van der Waals surface area contributed by atoms with Crippen molar-refractivity contribution in [2.24, 2.45) is 11.8 Å². The highest BCUT2D eigenvalue weighted by Gasteiger charge is 2.15. The molecule has 1 heterocycles. The highest BCUT2D eigenvalue weighted by Crippen LogP contribution is 2.20. The first-order chi connectivity index (χ1) is 7.18. The molecule has 1 rings (SSSR count). The lowest BCUT2D eigenvalue weighted by molar-refractivity contribution is 0.321. The van der Waals surface area contributed by atoms with Crippen LogP contribution in [0.1, 0.15) is 65.7 Å². The lowest BCUT2D eigenvalue weighted by Gasteiger charge is -2.26. The molecule has 0 bridgehead atoms. The fraction of sp³-hybridized carbons (Fsp3) is 1.00. The van der Waals surface area contributed by atoms with Gasteiger partial charge in [-0.25, -0.2) is 0 Å². The topological polar surface area (TPSA) is 12.0 Å². The van der Waals surface area contributed by atoms with Crippen molar-refractivity contribution < 1.29 is 0 Å². The van der Waals surface area contributed by atoms with Crippen molar-refractivity contribution in [2.45, 2.75) is 71.8 Å². The van der Waals surface area contributed by atoms with E-state index in [9.17, 15) is 0 Å². The molecule has 0 spiro atoms. The summed E-state index contributed by atoms with van der Waals surface area (Å²) < 4.78 is 0. The molecule has 15 heavy (non-hydrogen) atoms. The van der Waals surface area contributed by atoms with Crippen molar-refractivity contribution in [3.8, 4) is 0 Å².